The van der Waals surface area contributed by atoms with Crippen molar-refractivity contribution in [2.24, 2.45) is 4.99 Å². The van der Waals surface area contributed by atoms with E-state index in [9.17, 15) is 0 Å². The average molecular weight is 233 g/mol. The van der Waals surface area contributed by atoms with Crippen LogP contribution in [-0.2, 0) is 0 Å². The van der Waals surface area contributed by atoms with E-state index < -0.39 is 0 Å². The minimum atomic E-state index is 1.01. The van der Waals surface area contributed by atoms with Crippen molar-refractivity contribution >= 4 is 33.8 Å². The van der Waals surface area contributed by atoms with Crippen LogP contribution in [0.5, 0.6) is 0 Å². The van der Waals surface area contributed by atoms with E-state index in [4.69, 9.17) is 0 Å². The highest BCUT2D eigenvalue weighted by Gasteiger charge is 2.02. The molecular weight excluding hydrogens is 222 g/mol. The summed E-state index contributed by atoms with van der Waals surface area (Å²) in [6.45, 7) is 0. The Bertz CT molecular complexity index is 432. The molecule has 0 spiro atoms. The molecule has 1 aromatic carbocycles. The predicted octanol–water partition coefficient (Wildman–Crippen LogP) is 4.19. The van der Waals surface area contributed by atoms with Crippen LogP contribution in [0.1, 0.15) is 4.88 Å². The van der Waals surface area contributed by atoms with E-state index in [-0.39, 0.29) is 0 Å². The minimum absolute atomic E-state index is 1.01. The van der Waals surface area contributed by atoms with Crippen molar-refractivity contribution in [1.29, 1.82) is 0 Å². The quantitative estimate of drug-likeness (QED) is 0.559. The summed E-state index contributed by atoms with van der Waals surface area (Å²) in [4.78, 5) is 5.84. The molecule has 0 fully saturated rings. The number of rotatable bonds is 2. The molecule has 15 heavy (non-hydrogen) atoms. The van der Waals surface area contributed by atoms with Gasteiger partial charge >= 0.3 is 0 Å². The number of para-hydroxylation sites is 1. The molecule has 0 aliphatic heterocycles. The molecule has 0 atom stereocenters. The zero-order valence-electron chi connectivity index (χ0n) is 8.38. The Morgan fingerprint density at radius 1 is 1.13 bits per heavy atom. The highest BCUT2D eigenvalue weighted by atomic mass is 32.2. The largest absolute Gasteiger partial charge is 0.241 e. The van der Waals surface area contributed by atoms with Gasteiger partial charge in [0, 0.05) is 0 Å². The third kappa shape index (κ3) is 2.70. The molecule has 0 saturated heterocycles. The molecule has 0 bridgehead atoms. The first-order chi connectivity index (χ1) is 7.40. The third-order valence-corrected chi connectivity index (χ3v) is 3.62. The van der Waals surface area contributed by atoms with E-state index in [0.717, 1.165) is 10.7 Å². The maximum absolute atomic E-state index is 4.61. The maximum Gasteiger partial charge on any atom is 0.114 e. The fourth-order valence-corrected chi connectivity index (χ4v) is 2.69. The van der Waals surface area contributed by atoms with Crippen LogP contribution in [0.4, 0.5) is 5.69 Å². The SMILES string of the molecule is CSC(=Nc1ccccc1)c1cccs1. The highest BCUT2D eigenvalue weighted by Crippen LogP contribution is 2.21. The van der Waals surface area contributed by atoms with Crippen molar-refractivity contribution in [3.63, 3.8) is 0 Å². The molecule has 0 amide bonds. The fraction of sp³-hybridized carbons (Fsp3) is 0.0833. The normalized spacial score (nSPS) is 11.7. The fourth-order valence-electron chi connectivity index (χ4n) is 1.22. The van der Waals surface area contributed by atoms with E-state index in [0.29, 0.717) is 0 Å². The van der Waals surface area contributed by atoms with Gasteiger partial charge in [-0.1, -0.05) is 24.3 Å². The molecule has 2 rings (SSSR count). The average Bonchev–Trinajstić information content (AvgIpc) is 2.81. The molecule has 0 radical (unpaired) electrons. The predicted molar refractivity (Wildman–Crippen MR) is 70.5 cm³/mol. The smallest absolute Gasteiger partial charge is 0.114 e. The van der Waals surface area contributed by atoms with Crippen LogP contribution in [-0.4, -0.2) is 11.3 Å². The van der Waals surface area contributed by atoms with Gasteiger partial charge in [-0.05, 0) is 29.8 Å². The van der Waals surface area contributed by atoms with Crippen LogP contribution in [0.15, 0.2) is 52.8 Å². The monoisotopic (exact) mass is 233 g/mol. The highest BCUT2D eigenvalue weighted by molar-refractivity contribution is 8.14. The summed E-state index contributed by atoms with van der Waals surface area (Å²) in [7, 11) is 0. The van der Waals surface area contributed by atoms with Gasteiger partial charge in [0.25, 0.3) is 0 Å². The van der Waals surface area contributed by atoms with Crippen LogP contribution in [0.2, 0.25) is 0 Å². The van der Waals surface area contributed by atoms with Gasteiger partial charge in [0.1, 0.15) is 5.04 Å². The van der Waals surface area contributed by atoms with Gasteiger partial charge in [-0.25, -0.2) is 4.99 Å². The summed E-state index contributed by atoms with van der Waals surface area (Å²) in [5.74, 6) is 0. The molecule has 0 saturated carbocycles. The number of hydrogen-bond donors (Lipinski definition) is 0. The molecule has 1 heterocycles. The summed E-state index contributed by atoms with van der Waals surface area (Å²) >= 11 is 3.41. The van der Waals surface area contributed by atoms with Crippen LogP contribution in [0.3, 0.4) is 0 Å². The number of hydrogen-bond acceptors (Lipinski definition) is 3. The van der Waals surface area contributed by atoms with Gasteiger partial charge < -0.3 is 0 Å². The second kappa shape index (κ2) is 5.14. The van der Waals surface area contributed by atoms with Gasteiger partial charge in [0.15, 0.2) is 0 Å². The lowest BCUT2D eigenvalue weighted by Crippen LogP contribution is -1.88. The second-order valence-electron chi connectivity index (χ2n) is 2.93. The van der Waals surface area contributed by atoms with Crippen molar-refractivity contribution < 1.29 is 0 Å². The summed E-state index contributed by atoms with van der Waals surface area (Å²) in [5, 5.41) is 3.16. The maximum atomic E-state index is 4.61. The van der Waals surface area contributed by atoms with Gasteiger partial charge in [0.05, 0.1) is 10.6 Å². The first-order valence-corrected chi connectivity index (χ1v) is 6.72. The van der Waals surface area contributed by atoms with E-state index in [1.165, 1.54) is 4.88 Å². The molecule has 1 aromatic heterocycles. The van der Waals surface area contributed by atoms with Gasteiger partial charge in [-0.2, -0.15) is 0 Å². The van der Waals surface area contributed by atoms with Gasteiger partial charge in [-0.15, -0.1) is 23.1 Å². The lowest BCUT2D eigenvalue weighted by atomic mass is 10.3. The van der Waals surface area contributed by atoms with Gasteiger partial charge in [-0.3, -0.25) is 0 Å². The van der Waals surface area contributed by atoms with E-state index in [1.807, 2.05) is 30.3 Å². The first kappa shape index (κ1) is 10.5. The molecule has 3 heteroatoms. The molecule has 2 aromatic rings. The minimum Gasteiger partial charge on any atom is -0.241 e. The second-order valence-corrected chi connectivity index (χ2v) is 4.68. The zero-order chi connectivity index (χ0) is 10.5. The van der Waals surface area contributed by atoms with Crippen LogP contribution in [0, 0.1) is 0 Å². The lowest BCUT2D eigenvalue weighted by molar-refractivity contribution is 1.53. The van der Waals surface area contributed by atoms with Crippen molar-refractivity contribution in [1.82, 2.24) is 0 Å². The van der Waals surface area contributed by atoms with Crippen LogP contribution in [0.25, 0.3) is 0 Å². The van der Waals surface area contributed by atoms with E-state index in [2.05, 4.69) is 28.8 Å². The molecule has 1 nitrogen and oxygen atoms in total. The summed E-state index contributed by atoms with van der Waals surface area (Å²) in [6, 6.07) is 14.2. The number of thioether (sulfide) groups is 1. The van der Waals surface area contributed by atoms with Gasteiger partial charge in [0.2, 0.25) is 0 Å². The topological polar surface area (TPSA) is 12.4 Å². The standard InChI is InChI=1S/C12H11NS2/c1-14-12(11-8-5-9-15-11)13-10-6-3-2-4-7-10/h2-9H,1H3. The number of thiophene rings is 1. The Balaban J connectivity index is 2.32. The Morgan fingerprint density at radius 2 is 1.93 bits per heavy atom. The number of nitrogens with zero attached hydrogens (tertiary/aromatic N) is 1. The number of aliphatic imine (C=N–C) groups is 1. The first-order valence-electron chi connectivity index (χ1n) is 4.62. The molecule has 0 N–H and O–H groups in total. The summed E-state index contributed by atoms with van der Waals surface area (Å²) in [6.07, 6.45) is 2.06. The Hall–Kier alpha value is -1.06. The van der Waals surface area contributed by atoms with Crippen molar-refractivity contribution in [2.75, 3.05) is 6.26 Å². The van der Waals surface area contributed by atoms with Crippen molar-refractivity contribution in [2.45, 2.75) is 0 Å². The summed E-state index contributed by atoms with van der Waals surface area (Å²) < 4.78 is 0. The lowest BCUT2D eigenvalue weighted by Gasteiger charge is -1.99. The molecule has 0 aliphatic rings. The molecule has 76 valence electrons. The molecule has 0 aliphatic carbocycles. The Kier molecular flexibility index (Phi) is 3.59. The third-order valence-electron chi connectivity index (χ3n) is 1.91. The van der Waals surface area contributed by atoms with Crippen molar-refractivity contribution in [3.8, 4) is 0 Å². The van der Waals surface area contributed by atoms with E-state index in [1.54, 1.807) is 23.1 Å². The Labute approximate surface area is 97.9 Å². The number of benzene rings is 1. The zero-order valence-corrected chi connectivity index (χ0v) is 10.0. The Morgan fingerprint density at radius 3 is 2.53 bits per heavy atom. The molecular formula is C12H11NS2. The van der Waals surface area contributed by atoms with Crippen molar-refractivity contribution in [3.05, 3.63) is 52.7 Å². The van der Waals surface area contributed by atoms with Crippen LogP contribution < -0.4 is 0 Å². The molecule has 0 unspecified atom stereocenters. The van der Waals surface area contributed by atoms with Crippen LogP contribution >= 0.6 is 23.1 Å². The van der Waals surface area contributed by atoms with E-state index >= 15 is 0 Å². The summed E-state index contributed by atoms with van der Waals surface area (Å²) in [5.41, 5.74) is 1.01.